The standard InChI is InChI=1S/C21H18FNO3S/c1-15-10-11-18(13-20(15)22)23-21(24)17-7-5-6-16(12-17)14-27(25,26)19-8-3-2-4-9-19/h2-13H,14H2,1H3,(H,23,24). The molecule has 0 atom stereocenters. The molecule has 3 rings (SSSR count). The average molecular weight is 383 g/mol. The SMILES string of the molecule is Cc1ccc(NC(=O)c2cccc(CS(=O)(=O)c3ccccc3)c2)cc1F. The average Bonchev–Trinajstić information content (AvgIpc) is 2.65. The van der Waals surface area contributed by atoms with E-state index in [0.29, 0.717) is 22.4 Å². The van der Waals surface area contributed by atoms with E-state index in [2.05, 4.69) is 5.32 Å². The molecule has 0 spiro atoms. The Hall–Kier alpha value is -2.99. The minimum absolute atomic E-state index is 0.211. The Balaban J connectivity index is 1.79. The summed E-state index contributed by atoms with van der Waals surface area (Å²) in [6.07, 6.45) is 0. The highest BCUT2D eigenvalue weighted by atomic mass is 32.2. The van der Waals surface area contributed by atoms with Gasteiger partial charge in [-0.15, -0.1) is 0 Å². The molecule has 0 heterocycles. The maximum Gasteiger partial charge on any atom is 0.255 e. The zero-order valence-electron chi connectivity index (χ0n) is 14.6. The van der Waals surface area contributed by atoms with Crippen LogP contribution in [0.25, 0.3) is 0 Å². The van der Waals surface area contributed by atoms with Crippen molar-refractivity contribution < 1.29 is 17.6 Å². The highest BCUT2D eigenvalue weighted by molar-refractivity contribution is 7.90. The number of aryl methyl sites for hydroxylation is 1. The normalized spacial score (nSPS) is 11.2. The number of anilines is 1. The summed E-state index contributed by atoms with van der Waals surface area (Å²) in [4.78, 5) is 12.6. The third-order valence-corrected chi connectivity index (χ3v) is 5.78. The second kappa shape index (κ2) is 7.72. The molecule has 4 nitrogen and oxygen atoms in total. The number of sulfone groups is 1. The van der Waals surface area contributed by atoms with Gasteiger partial charge in [0, 0.05) is 11.3 Å². The highest BCUT2D eigenvalue weighted by Crippen LogP contribution is 2.18. The molecular formula is C21H18FNO3S. The molecule has 0 saturated carbocycles. The van der Waals surface area contributed by atoms with E-state index < -0.39 is 21.6 Å². The molecule has 0 aliphatic carbocycles. The maximum absolute atomic E-state index is 13.6. The number of hydrogen-bond acceptors (Lipinski definition) is 3. The van der Waals surface area contributed by atoms with Gasteiger partial charge in [-0.1, -0.05) is 36.4 Å². The molecule has 0 unspecified atom stereocenters. The fourth-order valence-electron chi connectivity index (χ4n) is 2.61. The van der Waals surface area contributed by atoms with Crippen molar-refractivity contribution in [1.29, 1.82) is 0 Å². The first kappa shape index (κ1) is 18.8. The molecule has 0 saturated heterocycles. The van der Waals surface area contributed by atoms with Crippen molar-refractivity contribution >= 4 is 21.4 Å². The number of nitrogens with one attached hydrogen (secondary N) is 1. The topological polar surface area (TPSA) is 63.2 Å². The minimum Gasteiger partial charge on any atom is -0.322 e. The Morgan fingerprint density at radius 3 is 2.41 bits per heavy atom. The third-order valence-electron chi connectivity index (χ3n) is 4.08. The molecule has 1 N–H and O–H groups in total. The van der Waals surface area contributed by atoms with Crippen LogP contribution in [0.1, 0.15) is 21.5 Å². The van der Waals surface area contributed by atoms with Gasteiger partial charge >= 0.3 is 0 Å². The molecule has 1 amide bonds. The van der Waals surface area contributed by atoms with Gasteiger partial charge in [0.25, 0.3) is 5.91 Å². The molecule has 0 fully saturated rings. The van der Waals surface area contributed by atoms with E-state index in [1.807, 2.05) is 0 Å². The van der Waals surface area contributed by atoms with E-state index in [-0.39, 0.29) is 10.6 Å². The summed E-state index contributed by atoms with van der Waals surface area (Å²) in [5.74, 6) is -1.05. The molecule has 27 heavy (non-hydrogen) atoms. The monoisotopic (exact) mass is 383 g/mol. The third kappa shape index (κ3) is 4.60. The van der Waals surface area contributed by atoms with Crippen molar-refractivity contribution in [2.24, 2.45) is 0 Å². The Kier molecular flexibility index (Phi) is 5.37. The predicted octanol–water partition coefficient (Wildman–Crippen LogP) is 4.36. The quantitative estimate of drug-likeness (QED) is 0.712. The Morgan fingerprint density at radius 2 is 1.70 bits per heavy atom. The number of hydrogen-bond donors (Lipinski definition) is 1. The fraction of sp³-hybridized carbons (Fsp3) is 0.0952. The molecule has 3 aromatic carbocycles. The first-order chi connectivity index (χ1) is 12.8. The Bertz CT molecular complexity index is 1080. The van der Waals surface area contributed by atoms with Gasteiger partial charge in [0.05, 0.1) is 10.6 Å². The molecule has 138 valence electrons. The summed E-state index contributed by atoms with van der Waals surface area (Å²) in [5, 5.41) is 2.62. The van der Waals surface area contributed by atoms with E-state index in [0.717, 1.165) is 0 Å². The van der Waals surface area contributed by atoms with Gasteiger partial charge in [0.2, 0.25) is 0 Å². The van der Waals surface area contributed by atoms with Gasteiger partial charge in [-0.05, 0) is 54.4 Å². The van der Waals surface area contributed by atoms with Crippen LogP contribution in [0.15, 0.2) is 77.7 Å². The molecular weight excluding hydrogens is 365 g/mol. The lowest BCUT2D eigenvalue weighted by atomic mass is 10.1. The van der Waals surface area contributed by atoms with Crippen molar-refractivity contribution in [3.63, 3.8) is 0 Å². The van der Waals surface area contributed by atoms with Crippen molar-refractivity contribution in [2.75, 3.05) is 5.32 Å². The van der Waals surface area contributed by atoms with Crippen molar-refractivity contribution in [3.8, 4) is 0 Å². The number of amides is 1. The van der Waals surface area contributed by atoms with Gasteiger partial charge in [-0.3, -0.25) is 4.79 Å². The summed E-state index contributed by atoms with van der Waals surface area (Å²) >= 11 is 0. The number of carbonyl (C=O) groups is 1. The molecule has 0 bridgehead atoms. The number of carbonyl (C=O) groups excluding carboxylic acids is 1. The van der Waals surface area contributed by atoms with Crippen LogP contribution in [0, 0.1) is 12.7 Å². The molecule has 0 aliphatic rings. The summed E-state index contributed by atoms with van der Waals surface area (Å²) in [7, 11) is -3.51. The van der Waals surface area contributed by atoms with Gasteiger partial charge < -0.3 is 5.32 Å². The summed E-state index contributed by atoms with van der Waals surface area (Å²) < 4.78 is 38.6. The number of halogens is 1. The molecule has 0 radical (unpaired) electrons. The van der Waals surface area contributed by atoms with E-state index >= 15 is 0 Å². The van der Waals surface area contributed by atoms with Gasteiger partial charge in [-0.25, -0.2) is 12.8 Å². The maximum atomic E-state index is 13.6. The molecule has 6 heteroatoms. The van der Waals surface area contributed by atoms with Crippen LogP contribution >= 0.6 is 0 Å². The van der Waals surface area contributed by atoms with Crippen LogP contribution in [0.5, 0.6) is 0 Å². The second-order valence-corrected chi connectivity index (χ2v) is 8.18. The summed E-state index contributed by atoms with van der Waals surface area (Å²) in [5.41, 5.74) is 1.63. The number of rotatable bonds is 5. The van der Waals surface area contributed by atoms with E-state index in [4.69, 9.17) is 0 Å². The second-order valence-electron chi connectivity index (χ2n) is 6.19. The minimum atomic E-state index is -3.51. The zero-order chi connectivity index (χ0) is 19.4. The molecule has 3 aromatic rings. The first-order valence-corrected chi connectivity index (χ1v) is 9.95. The first-order valence-electron chi connectivity index (χ1n) is 8.29. The van der Waals surface area contributed by atoms with Crippen molar-refractivity contribution in [1.82, 2.24) is 0 Å². The Labute approximate surface area is 157 Å². The largest absolute Gasteiger partial charge is 0.322 e. The van der Waals surface area contributed by atoms with Gasteiger partial charge in [-0.2, -0.15) is 0 Å². The lowest BCUT2D eigenvalue weighted by molar-refractivity contribution is 0.102. The fourth-order valence-corrected chi connectivity index (χ4v) is 3.96. The van der Waals surface area contributed by atoms with E-state index in [9.17, 15) is 17.6 Å². The van der Waals surface area contributed by atoms with Gasteiger partial charge in [0.1, 0.15) is 5.82 Å². The summed E-state index contributed by atoms with van der Waals surface area (Å²) in [6.45, 7) is 1.64. The summed E-state index contributed by atoms with van der Waals surface area (Å²) in [6, 6.07) is 19.0. The van der Waals surface area contributed by atoms with E-state index in [1.54, 1.807) is 55.5 Å². The van der Waals surface area contributed by atoms with Gasteiger partial charge in [0.15, 0.2) is 9.84 Å². The van der Waals surface area contributed by atoms with Crippen LogP contribution in [0.4, 0.5) is 10.1 Å². The highest BCUT2D eigenvalue weighted by Gasteiger charge is 2.16. The molecule has 0 aliphatic heterocycles. The predicted molar refractivity (Wildman–Crippen MR) is 103 cm³/mol. The number of benzene rings is 3. The lowest BCUT2D eigenvalue weighted by Crippen LogP contribution is -2.13. The Morgan fingerprint density at radius 1 is 0.963 bits per heavy atom. The van der Waals surface area contributed by atoms with Crippen LogP contribution in [-0.2, 0) is 15.6 Å². The lowest BCUT2D eigenvalue weighted by Gasteiger charge is -2.09. The smallest absolute Gasteiger partial charge is 0.255 e. The van der Waals surface area contributed by atoms with Crippen LogP contribution in [-0.4, -0.2) is 14.3 Å². The van der Waals surface area contributed by atoms with Crippen molar-refractivity contribution in [3.05, 3.63) is 95.3 Å². The zero-order valence-corrected chi connectivity index (χ0v) is 15.5. The molecule has 0 aromatic heterocycles. The van der Waals surface area contributed by atoms with Crippen LogP contribution < -0.4 is 5.32 Å². The van der Waals surface area contributed by atoms with Crippen molar-refractivity contribution in [2.45, 2.75) is 17.6 Å². The van der Waals surface area contributed by atoms with Crippen LogP contribution in [0.3, 0.4) is 0 Å². The van der Waals surface area contributed by atoms with Crippen LogP contribution in [0.2, 0.25) is 0 Å². The van der Waals surface area contributed by atoms with E-state index in [1.165, 1.54) is 24.3 Å².